The fraction of sp³-hybridized carbons (Fsp3) is 0.571. The monoisotopic (exact) mass is 337 g/mol. The number of hydrogen-bond donors (Lipinski definition) is 1. The van der Waals surface area contributed by atoms with Gasteiger partial charge in [-0.3, -0.25) is 9.48 Å². The molecular weight excluding hydrogens is 318 g/mol. The number of amides is 1. The van der Waals surface area contributed by atoms with E-state index in [2.05, 4.69) is 25.3 Å². The number of aryl methyl sites for hydroxylation is 1. The van der Waals surface area contributed by atoms with Gasteiger partial charge in [0.2, 0.25) is 5.91 Å². The second kappa shape index (κ2) is 6.29. The number of anilines is 1. The van der Waals surface area contributed by atoms with Gasteiger partial charge in [0, 0.05) is 46.3 Å². The third kappa shape index (κ3) is 2.72. The van der Waals surface area contributed by atoms with E-state index in [0.717, 1.165) is 56.1 Å². The average Bonchev–Trinajstić information content (AvgIpc) is 2.87. The largest absolute Gasteiger partial charge is 0.352 e. The highest BCUT2D eigenvalue weighted by atomic mass is 35.5. The maximum absolute atomic E-state index is 12.3. The zero-order valence-corrected chi connectivity index (χ0v) is 13.8. The normalized spacial score (nSPS) is 18.7. The molecule has 1 amide bonds. The molecule has 2 aliphatic heterocycles. The van der Waals surface area contributed by atoms with Crippen molar-refractivity contribution in [1.82, 2.24) is 30.0 Å². The van der Waals surface area contributed by atoms with Crippen LogP contribution in [0.25, 0.3) is 11.0 Å². The number of rotatable bonds is 2. The summed E-state index contributed by atoms with van der Waals surface area (Å²) in [6, 6.07) is 0. The van der Waals surface area contributed by atoms with Gasteiger partial charge in [-0.1, -0.05) is 0 Å². The summed E-state index contributed by atoms with van der Waals surface area (Å²) in [6.45, 7) is 4.74. The molecule has 0 saturated carbocycles. The van der Waals surface area contributed by atoms with E-state index < -0.39 is 0 Å². The van der Waals surface area contributed by atoms with Gasteiger partial charge in [-0.15, -0.1) is 12.4 Å². The molecule has 4 rings (SSSR count). The van der Waals surface area contributed by atoms with Gasteiger partial charge in [0.1, 0.15) is 12.1 Å². The number of carbonyl (C=O) groups is 1. The van der Waals surface area contributed by atoms with Crippen molar-refractivity contribution in [2.24, 2.45) is 13.0 Å². The van der Waals surface area contributed by atoms with Gasteiger partial charge < -0.3 is 15.1 Å². The lowest BCUT2D eigenvalue weighted by Crippen LogP contribution is -2.56. The van der Waals surface area contributed by atoms with Gasteiger partial charge in [0.15, 0.2) is 5.65 Å². The Morgan fingerprint density at radius 1 is 1.22 bits per heavy atom. The molecule has 0 atom stereocenters. The van der Waals surface area contributed by atoms with Crippen molar-refractivity contribution in [2.75, 3.05) is 44.2 Å². The minimum Gasteiger partial charge on any atom is -0.352 e. The Kier molecular flexibility index (Phi) is 4.36. The van der Waals surface area contributed by atoms with E-state index in [4.69, 9.17) is 0 Å². The number of halogens is 1. The highest BCUT2D eigenvalue weighted by Crippen LogP contribution is 2.23. The molecule has 0 unspecified atom stereocenters. The van der Waals surface area contributed by atoms with E-state index >= 15 is 0 Å². The van der Waals surface area contributed by atoms with E-state index in [1.165, 1.54) is 0 Å². The summed E-state index contributed by atoms with van der Waals surface area (Å²) in [5.41, 5.74) is 0.837. The molecule has 8 nitrogen and oxygen atoms in total. The summed E-state index contributed by atoms with van der Waals surface area (Å²) in [7, 11) is 1.88. The second-order valence-corrected chi connectivity index (χ2v) is 5.87. The molecule has 124 valence electrons. The van der Waals surface area contributed by atoms with Gasteiger partial charge in [0.05, 0.1) is 17.5 Å². The molecule has 2 aliphatic rings. The van der Waals surface area contributed by atoms with Gasteiger partial charge in [-0.25, -0.2) is 9.97 Å². The Labute approximate surface area is 140 Å². The summed E-state index contributed by atoms with van der Waals surface area (Å²) in [5.74, 6) is 1.37. The quantitative estimate of drug-likeness (QED) is 0.807. The van der Waals surface area contributed by atoms with Crippen LogP contribution in [0.15, 0.2) is 12.5 Å². The van der Waals surface area contributed by atoms with Crippen molar-refractivity contribution >= 4 is 35.2 Å². The van der Waals surface area contributed by atoms with Crippen LogP contribution in [0.1, 0.15) is 0 Å². The predicted octanol–water partition coefficient (Wildman–Crippen LogP) is -0.347. The molecule has 23 heavy (non-hydrogen) atoms. The van der Waals surface area contributed by atoms with Crippen LogP contribution < -0.4 is 10.2 Å². The fourth-order valence-corrected chi connectivity index (χ4v) is 3.06. The first-order chi connectivity index (χ1) is 10.7. The van der Waals surface area contributed by atoms with Crippen molar-refractivity contribution < 1.29 is 4.79 Å². The lowest BCUT2D eigenvalue weighted by molar-refractivity contribution is -0.137. The number of fused-ring (bicyclic) bond motifs is 1. The Morgan fingerprint density at radius 3 is 2.61 bits per heavy atom. The van der Waals surface area contributed by atoms with Crippen molar-refractivity contribution in [3.05, 3.63) is 12.5 Å². The molecule has 2 aromatic heterocycles. The number of nitrogens with zero attached hydrogens (tertiary/aromatic N) is 6. The number of hydrogen-bond acceptors (Lipinski definition) is 6. The van der Waals surface area contributed by atoms with E-state index in [0.29, 0.717) is 0 Å². The molecule has 2 saturated heterocycles. The van der Waals surface area contributed by atoms with Crippen molar-refractivity contribution in [3.8, 4) is 0 Å². The zero-order chi connectivity index (χ0) is 15.1. The summed E-state index contributed by atoms with van der Waals surface area (Å²) in [6.07, 6.45) is 3.39. The maximum Gasteiger partial charge on any atom is 0.228 e. The van der Waals surface area contributed by atoms with Gasteiger partial charge in [-0.2, -0.15) is 5.10 Å². The first kappa shape index (κ1) is 15.9. The first-order valence-corrected chi connectivity index (χ1v) is 7.61. The Bertz CT molecular complexity index is 706. The third-order valence-electron chi connectivity index (χ3n) is 4.53. The molecule has 4 heterocycles. The van der Waals surface area contributed by atoms with Gasteiger partial charge >= 0.3 is 0 Å². The van der Waals surface area contributed by atoms with Crippen LogP contribution in [0.2, 0.25) is 0 Å². The fourth-order valence-electron chi connectivity index (χ4n) is 3.06. The maximum atomic E-state index is 12.3. The molecule has 9 heteroatoms. The number of aromatic nitrogens is 4. The molecule has 0 radical (unpaired) electrons. The van der Waals surface area contributed by atoms with E-state index in [-0.39, 0.29) is 24.2 Å². The van der Waals surface area contributed by atoms with Crippen LogP contribution in [0.5, 0.6) is 0 Å². The van der Waals surface area contributed by atoms with Crippen molar-refractivity contribution in [3.63, 3.8) is 0 Å². The van der Waals surface area contributed by atoms with Crippen molar-refractivity contribution in [1.29, 1.82) is 0 Å². The van der Waals surface area contributed by atoms with Gasteiger partial charge in [0.25, 0.3) is 0 Å². The minimum absolute atomic E-state index is 0. The Balaban J connectivity index is 0.00000156. The van der Waals surface area contributed by atoms with Crippen LogP contribution in [0, 0.1) is 5.92 Å². The summed E-state index contributed by atoms with van der Waals surface area (Å²) >= 11 is 0. The summed E-state index contributed by atoms with van der Waals surface area (Å²) < 4.78 is 1.75. The van der Waals surface area contributed by atoms with E-state index in [9.17, 15) is 4.79 Å². The number of carbonyl (C=O) groups excluding carboxylic acids is 1. The minimum atomic E-state index is 0. The standard InChI is InChI=1S/C14H19N7O.ClH/c1-19-12-11(8-18-19)13(17-9-16-12)20-2-4-21(5-3-20)14(22)10-6-15-7-10;/h8-10,15H,2-7H2,1H3;1H. The second-order valence-electron chi connectivity index (χ2n) is 5.87. The molecular formula is C14H20ClN7O. The molecule has 2 fully saturated rings. The molecule has 1 N–H and O–H groups in total. The topological polar surface area (TPSA) is 79.2 Å². The lowest BCUT2D eigenvalue weighted by Gasteiger charge is -2.38. The SMILES string of the molecule is Cl.Cn1ncc2c(N3CCN(C(=O)C4CNC4)CC3)ncnc21. The Morgan fingerprint density at radius 2 is 1.96 bits per heavy atom. The van der Waals surface area contributed by atoms with Crippen LogP contribution in [-0.2, 0) is 11.8 Å². The van der Waals surface area contributed by atoms with E-state index in [1.807, 2.05) is 18.1 Å². The van der Waals surface area contributed by atoms with Crippen LogP contribution >= 0.6 is 12.4 Å². The number of nitrogens with one attached hydrogen (secondary N) is 1. The van der Waals surface area contributed by atoms with Crippen LogP contribution in [-0.4, -0.2) is 69.8 Å². The first-order valence-electron chi connectivity index (χ1n) is 7.61. The predicted molar refractivity (Wildman–Crippen MR) is 88.7 cm³/mol. The Hall–Kier alpha value is -1.93. The zero-order valence-electron chi connectivity index (χ0n) is 13.0. The van der Waals surface area contributed by atoms with Crippen LogP contribution in [0.4, 0.5) is 5.82 Å². The van der Waals surface area contributed by atoms with Crippen molar-refractivity contribution in [2.45, 2.75) is 0 Å². The lowest BCUT2D eigenvalue weighted by atomic mass is 10.0. The van der Waals surface area contributed by atoms with Crippen LogP contribution in [0.3, 0.4) is 0 Å². The number of piperazine rings is 1. The highest BCUT2D eigenvalue weighted by Gasteiger charge is 2.31. The van der Waals surface area contributed by atoms with E-state index in [1.54, 1.807) is 11.0 Å². The third-order valence-corrected chi connectivity index (χ3v) is 4.53. The molecule has 0 bridgehead atoms. The summed E-state index contributed by atoms with van der Waals surface area (Å²) in [5, 5.41) is 8.37. The summed E-state index contributed by atoms with van der Waals surface area (Å²) in [4.78, 5) is 25.2. The highest BCUT2D eigenvalue weighted by molar-refractivity contribution is 5.87. The molecule has 0 aromatic carbocycles. The molecule has 0 aliphatic carbocycles. The molecule has 2 aromatic rings. The van der Waals surface area contributed by atoms with Gasteiger partial charge in [-0.05, 0) is 0 Å². The average molecular weight is 338 g/mol. The molecule has 0 spiro atoms. The smallest absolute Gasteiger partial charge is 0.228 e.